The lowest BCUT2D eigenvalue weighted by Gasteiger charge is -2.26. The van der Waals surface area contributed by atoms with Crippen LogP contribution in [0.5, 0.6) is 0 Å². The van der Waals surface area contributed by atoms with Gasteiger partial charge in [-0.2, -0.15) is 0 Å². The van der Waals surface area contributed by atoms with Crippen LogP contribution in [0.2, 0.25) is 0 Å². The van der Waals surface area contributed by atoms with E-state index in [1.165, 1.54) is 4.90 Å². The van der Waals surface area contributed by atoms with Crippen molar-refractivity contribution in [1.82, 2.24) is 10.2 Å². The minimum Gasteiger partial charge on any atom is -0.329 e. The van der Waals surface area contributed by atoms with E-state index in [-0.39, 0.29) is 24.5 Å². The summed E-state index contributed by atoms with van der Waals surface area (Å²) in [6.07, 6.45) is 3.25. The Morgan fingerprint density at radius 3 is 2.60 bits per heavy atom. The summed E-state index contributed by atoms with van der Waals surface area (Å²) in [5, 5.41) is 2.59. The Morgan fingerprint density at radius 2 is 2.13 bits per heavy atom. The van der Waals surface area contributed by atoms with Crippen molar-refractivity contribution in [2.75, 3.05) is 6.54 Å². The monoisotopic (exact) mass is 210 g/mol. The Balaban J connectivity index is 2.11. The highest BCUT2D eigenvalue weighted by atomic mass is 16.2. The van der Waals surface area contributed by atoms with Crippen molar-refractivity contribution in [3.05, 3.63) is 0 Å². The molecule has 0 spiro atoms. The number of hydrogen-bond acceptors (Lipinski definition) is 2. The first kappa shape index (κ1) is 10.5. The summed E-state index contributed by atoms with van der Waals surface area (Å²) in [5.41, 5.74) is 0. The number of carbonyl (C=O) groups excluding carboxylic acids is 2. The molecule has 4 nitrogen and oxygen atoms in total. The molecule has 2 rings (SSSR count). The van der Waals surface area contributed by atoms with Crippen LogP contribution >= 0.6 is 0 Å². The van der Waals surface area contributed by atoms with Gasteiger partial charge in [0, 0.05) is 6.04 Å². The number of hydrogen-bond donors (Lipinski definition) is 1. The lowest BCUT2D eigenvalue weighted by atomic mass is 9.93. The molecular formula is C11H18N2O2. The van der Waals surface area contributed by atoms with Crippen LogP contribution in [0.3, 0.4) is 0 Å². The molecule has 0 radical (unpaired) electrons. The van der Waals surface area contributed by atoms with Crippen molar-refractivity contribution in [3.63, 3.8) is 0 Å². The lowest BCUT2D eigenvalue weighted by Crippen LogP contribution is -2.42. The first-order chi connectivity index (χ1) is 7.15. The van der Waals surface area contributed by atoms with Crippen LogP contribution in [-0.2, 0) is 4.79 Å². The fourth-order valence-electron chi connectivity index (χ4n) is 2.94. The molecule has 1 heterocycles. The Labute approximate surface area is 90.0 Å². The van der Waals surface area contributed by atoms with Gasteiger partial charge in [-0.15, -0.1) is 0 Å². The van der Waals surface area contributed by atoms with Gasteiger partial charge in [-0.05, 0) is 24.7 Å². The Morgan fingerprint density at radius 1 is 1.40 bits per heavy atom. The van der Waals surface area contributed by atoms with Crippen LogP contribution in [0.1, 0.15) is 33.1 Å². The minimum atomic E-state index is -0.200. The molecule has 84 valence electrons. The summed E-state index contributed by atoms with van der Waals surface area (Å²) in [5.74, 6) is 1.05. The number of urea groups is 1. The molecule has 0 aromatic rings. The van der Waals surface area contributed by atoms with Gasteiger partial charge >= 0.3 is 6.03 Å². The molecule has 1 N–H and O–H groups in total. The highest BCUT2D eigenvalue weighted by Gasteiger charge is 2.42. The molecular weight excluding hydrogens is 192 g/mol. The second kappa shape index (κ2) is 3.83. The molecule has 3 atom stereocenters. The van der Waals surface area contributed by atoms with Crippen molar-refractivity contribution < 1.29 is 9.59 Å². The molecule has 0 aromatic carbocycles. The van der Waals surface area contributed by atoms with Gasteiger partial charge in [0.1, 0.15) is 0 Å². The maximum Gasteiger partial charge on any atom is 0.324 e. The number of carbonyl (C=O) groups is 2. The van der Waals surface area contributed by atoms with Gasteiger partial charge in [-0.3, -0.25) is 9.69 Å². The van der Waals surface area contributed by atoms with Gasteiger partial charge < -0.3 is 5.32 Å². The van der Waals surface area contributed by atoms with Gasteiger partial charge in [0.2, 0.25) is 5.91 Å². The zero-order valence-electron chi connectivity index (χ0n) is 9.32. The van der Waals surface area contributed by atoms with Crippen molar-refractivity contribution in [2.45, 2.75) is 39.2 Å². The van der Waals surface area contributed by atoms with E-state index >= 15 is 0 Å². The number of rotatable bonds is 2. The molecule has 2 aliphatic rings. The molecule has 3 amide bonds. The van der Waals surface area contributed by atoms with Crippen LogP contribution in [0.15, 0.2) is 0 Å². The maximum absolute atomic E-state index is 11.6. The first-order valence-electron chi connectivity index (χ1n) is 5.75. The SMILES string of the molecule is CCC1CCC(N2C(=O)CNC2=O)C1C. The molecule has 15 heavy (non-hydrogen) atoms. The van der Waals surface area contributed by atoms with E-state index < -0.39 is 0 Å². The summed E-state index contributed by atoms with van der Waals surface area (Å²) >= 11 is 0. The number of nitrogens with zero attached hydrogens (tertiary/aromatic N) is 1. The van der Waals surface area contributed by atoms with E-state index in [1.54, 1.807) is 0 Å². The maximum atomic E-state index is 11.6. The zero-order chi connectivity index (χ0) is 11.0. The van der Waals surface area contributed by atoms with Crippen LogP contribution in [0.4, 0.5) is 4.79 Å². The van der Waals surface area contributed by atoms with Gasteiger partial charge in [0.25, 0.3) is 0 Å². The topological polar surface area (TPSA) is 49.4 Å². The van der Waals surface area contributed by atoms with Crippen molar-refractivity contribution >= 4 is 11.9 Å². The number of amides is 3. The van der Waals surface area contributed by atoms with E-state index in [0.29, 0.717) is 11.8 Å². The highest BCUT2D eigenvalue weighted by molar-refractivity contribution is 6.02. The molecule has 4 heteroatoms. The number of nitrogens with one attached hydrogen (secondary N) is 1. The normalized spacial score (nSPS) is 36.1. The summed E-state index contributed by atoms with van der Waals surface area (Å²) in [4.78, 5) is 24.5. The smallest absolute Gasteiger partial charge is 0.324 e. The average molecular weight is 210 g/mol. The van der Waals surface area contributed by atoms with E-state index in [9.17, 15) is 9.59 Å². The van der Waals surface area contributed by atoms with Gasteiger partial charge in [0.15, 0.2) is 0 Å². The predicted octanol–water partition coefficient (Wildman–Crippen LogP) is 1.36. The summed E-state index contributed by atoms with van der Waals surface area (Å²) < 4.78 is 0. The van der Waals surface area contributed by atoms with Crippen molar-refractivity contribution in [2.24, 2.45) is 11.8 Å². The van der Waals surface area contributed by atoms with Crippen molar-refractivity contribution in [1.29, 1.82) is 0 Å². The molecule has 2 fully saturated rings. The zero-order valence-corrected chi connectivity index (χ0v) is 9.32. The van der Waals surface area contributed by atoms with Gasteiger partial charge in [-0.1, -0.05) is 20.3 Å². The Hall–Kier alpha value is -1.06. The molecule has 1 saturated heterocycles. The molecule has 1 aliphatic carbocycles. The average Bonchev–Trinajstić information content (AvgIpc) is 2.71. The number of imide groups is 1. The van der Waals surface area contributed by atoms with Crippen molar-refractivity contribution in [3.8, 4) is 0 Å². The van der Waals surface area contributed by atoms with E-state index in [1.807, 2.05) is 0 Å². The molecule has 3 unspecified atom stereocenters. The summed E-state index contributed by atoms with van der Waals surface area (Å²) in [7, 11) is 0. The third kappa shape index (κ3) is 1.62. The molecule has 1 saturated carbocycles. The van der Waals surface area contributed by atoms with Gasteiger partial charge in [-0.25, -0.2) is 4.79 Å². The third-order valence-corrected chi connectivity index (χ3v) is 3.92. The lowest BCUT2D eigenvalue weighted by molar-refractivity contribution is -0.127. The molecule has 0 bridgehead atoms. The largest absolute Gasteiger partial charge is 0.329 e. The van der Waals surface area contributed by atoms with Crippen LogP contribution < -0.4 is 5.32 Å². The standard InChI is InChI=1S/C11H18N2O2/c1-3-8-4-5-9(7(8)2)13-10(14)6-12-11(13)15/h7-9H,3-6H2,1-2H3,(H,12,15). The summed E-state index contributed by atoms with van der Waals surface area (Å²) in [6.45, 7) is 4.51. The van der Waals surface area contributed by atoms with E-state index in [4.69, 9.17) is 0 Å². The molecule has 0 aromatic heterocycles. The second-order valence-electron chi connectivity index (χ2n) is 4.59. The van der Waals surface area contributed by atoms with E-state index in [0.717, 1.165) is 19.3 Å². The fourth-order valence-corrected chi connectivity index (χ4v) is 2.94. The van der Waals surface area contributed by atoms with Crippen LogP contribution in [-0.4, -0.2) is 29.4 Å². The van der Waals surface area contributed by atoms with Gasteiger partial charge in [0.05, 0.1) is 6.54 Å². The molecule has 1 aliphatic heterocycles. The predicted molar refractivity (Wildman–Crippen MR) is 56.2 cm³/mol. The van der Waals surface area contributed by atoms with Crippen LogP contribution in [0, 0.1) is 11.8 Å². The van der Waals surface area contributed by atoms with Crippen LogP contribution in [0.25, 0.3) is 0 Å². The first-order valence-corrected chi connectivity index (χ1v) is 5.75. The highest BCUT2D eigenvalue weighted by Crippen LogP contribution is 2.37. The Bertz CT molecular complexity index is 274. The third-order valence-electron chi connectivity index (χ3n) is 3.92. The van der Waals surface area contributed by atoms with E-state index in [2.05, 4.69) is 19.2 Å². The summed E-state index contributed by atoms with van der Waals surface area (Å²) in [6, 6.07) is -0.0708. The minimum absolute atomic E-state index is 0.0615. The fraction of sp³-hybridized carbons (Fsp3) is 0.818. The second-order valence-corrected chi connectivity index (χ2v) is 4.59. The Kier molecular flexibility index (Phi) is 2.67. The quantitative estimate of drug-likeness (QED) is 0.700.